The second-order valence-corrected chi connectivity index (χ2v) is 6.62. The summed E-state index contributed by atoms with van der Waals surface area (Å²) in [7, 11) is 0. The van der Waals surface area contributed by atoms with E-state index in [9.17, 15) is 4.79 Å². The van der Waals surface area contributed by atoms with Gasteiger partial charge in [-0.25, -0.2) is 9.97 Å². The Labute approximate surface area is 158 Å². The van der Waals surface area contributed by atoms with Crippen LogP contribution in [-0.4, -0.2) is 35.6 Å². The fourth-order valence-corrected chi connectivity index (χ4v) is 3.36. The molecule has 1 saturated heterocycles. The number of nitrogens with zero attached hydrogens (tertiary/aromatic N) is 3. The Bertz CT molecular complexity index is 933. The summed E-state index contributed by atoms with van der Waals surface area (Å²) in [6.45, 7) is 1.92. The molecule has 0 saturated carbocycles. The van der Waals surface area contributed by atoms with Gasteiger partial charge in [0.1, 0.15) is 23.7 Å². The molecule has 1 fully saturated rings. The number of nitrogens with one attached hydrogen (secondary N) is 1. The molecular formula is C21H22N4O2. The van der Waals surface area contributed by atoms with E-state index in [1.807, 2.05) is 48.5 Å². The minimum Gasteiger partial charge on any atom is -0.483 e. The molecule has 3 aromatic rings. The van der Waals surface area contributed by atoms with Gasteiger partial charge in [-0.3, -0.25) is 4.79 Å². The molecule has 2 aromatic carbocycles. The van der Waals surface area contributed by atoms with Crippen LogP contribution in [0.2, 0.25) is 0 Å². The van der Waals surface area contributed by atoms with Crippen LogP contribution in [0.25, 0.3) is 10.8 Å². The van der Waals surface area contributed by atoms with E-state index in [-0.39, 0.29) is 12.5 Å². The number of amides is 1. The Balaban J connectivity index is 1.39. The summed E-state index contributed by atoms with van der Waals surface area (Å²) in [5.41, 5.74) is 0. The number of carbonyl (C=O) groups excluding carboxylic acids is 1. The first-order valence-corrected chi connectivity index (χ1v) is 9.27. The van der Waals surface area contributed by atoms with Crippen molar-refractivity contribution in [2.24, 2.45) is 0 Å². The van der Waals surface area contributed by atoms with Gasteiger partial charge in [0.2, 0.25) is 0 Å². The van der Waals surface area contributed by atoms with E-state index in [1.165, 1.54) is 25.6 Å². The van der Waals surface area contributed by atoms with Crippen molar-refractivity contribution in [3.05, 3.63) is 54.9 Å². The van der Waals surface area contributed by atoms with Crippen LogP contribution in [0.3, 0.4) is 0 Å². The zero-order chi connectivity index (χ0) is 18.5. The molecule has 0 atom stereocenters. The molecule has 1 N–H and O–H groups in total. The van der Waals surface area contributed by atoms with Crippen molar-refractivity contribution in [2.45, 2.75) is 19.3 Å². The van der Waals surface area contributed by atoms with Crippen molar-refractivity contribution in [1.29, 1.82) is 0 Å². The first-order chi connectivity index (χ1) is 13.3. The Kier molecular flexibility index (Phi) is 5.14. The molecule has 6 nitrogen and oxygen atoms in total. The van der Waals surface area contributed by atoms with Crippen LogP contribution in [0.4, 0.5) is 11.6 Å². The van der Waals surface area contributed by atoms with Crippen LogP contribution in [-0.2, 0) is 4.79 Å². The summed E-state index contributed by atoms with van der Waals surface area (Å²) in [5, 5.41) is 4.87. The molecule has 0 bridgehead atoms. The summed E-state index contributed by atoms with van der Waals surface area (Å²) in [4.78, 5) is 23.0. The first-order valence-electron chi connectivity index (χ1n) is 9.27. The second-order valence-electron chi connectivity index (χ2n) is 6.62. The minimum atomic E-state index is -0.244. The standard InChI is InChI=1S/C21H22N4O2/c26-21(14-27-18-10-6-8-16-7-2-3-9-17(16)18)24-19-13-20(23-15-22-19)25-11-4-1-5-12-25/h2-3,6-10,13,15H,1,4-5,11-12,14H2,(H,22,23,24,26). The van der Waals surface area contributed by atoms with Crippen molar-refractivity contribution in [3.63, 3.8) is 0 Å². The van der Waals surface area contributed by atoms with Crippen LogP contribution in [0, 0.1) is 0 Å². The van der Waals surface area contributed by atoms with Crippen LogP contribution >= 0.6 is 0 Å². The quantitative estimate of drug-likeness (QED) is 0.751. The molecule has 0 spiro atoms. The highest BCUT2D eigenvalue weighted by Gasteiger charge is 2.14. The molecule has 1 aliphatic rings. The lowest BCUT2D eigenvalue weighted by molar-refractivity contribution is -0.118. The van der Waals surface area contributed by atoms with Gasteiger partial charge in [-0.1, -0.05) is 36.4 Å². The van der Waals surface area contributed by atoms with Crippen molar-refractivity contribution in [3.8, 4) is 5.75 Å². The fourth-order valence-electron chi connectivity index (χ4n) is 3.36. The van der Waals surface area contributed by atoms with Gasteiger partial charge >= 0.3 is 0 Å². The predicted molar refractivity (Wildman–Crippen MR) is 106 cm³/mol. The molecular weight excluding hydrogens is 340 g/mol. The molecule has 1 aliphatic heterocycles. The maximum absolute atomic E-state index is 12.3. The summed E-state index contributed by atoms with van der Waals surface area (Å²) in [6, 6.07) is 15.6. The highest BCUT2D eigenvalue weighted by molar-refractivity contribution is 5.92. The highest BCUT2D eigenvalue weighted by Crippen LogP contribution is 2.25. The predicted octanol–water partition coefficient (Wildman–Crippen LogP) is 3.64. The van der Waals surface area contributed by atoms with E-state index in [4.69, 9.17) is 4.74 Å². The molecule has 1 amide bonds. The zero-order valence-electron chi connectivity index (χ0n) is 15.1. The molecule has 0 unspecified atom stereocenters. The van der Waals surface area contributed by atoms with E-state index in [2.05, 4.69) is 20.2 Å². The van der Waals surface area contributed by atoms with Crippen LogP contribution < -0.4 is 15.0 Å². The zero-order valence-corrected chi connectivity index (χ0v) is 15.1. The number of anilines is 2. The van der Waals surface area contributed by atoms with Crippen molar-refractivity contribution in [1.82, 2.24) is 9.97 Å². The Morgan fingerprint density at radius 3 is 2.74 bits per heavy atom. The van der Waals surface area contributed by atoms with Gasteiger partial charge in [-0.2, -0.15) is 0 Å². The topological polar surface area (TPSA) is 67.3 Å². The molecule has 4 rings (SSSR count). The number of piperidine rings is 1. The number of hydrogen-bond acceptors (Lipinski definition) is 5. The molecule has 0 aliphatic carbocycles. The summed E-state index contributed by atoms with van der Waals surface area (Å²) < 4.78 is 5.73. The Morgan fingerprint density at radius 1 is 1.04 bits per heavy atom. The third-order valence-corrected chi connectivity index (χ3v) is 4.71. The summed E-state index contributed by atoms with van der Waals surface area (Å²) in [5.74, 6) is 1.80. The minimum absolute atomic E-state index is 0.0724. The number of carbonyl (C=O) groups is 1. The molecule has 1 aromatic heterocycles. The van der Waals surface area contributed by atoms with Gasteiger partial charge in [-0.15, -0.1) is 0 Å². The van der Waals surface area contributed by atoms with Gasteiger partial charge < -0.3 is 15.0 Å². The average molecular weight is 362 g/mol. The van der Waals surface area contributed by atoms with E-state index in [0.717, 1.165) is 29.7 Å². The van der Waals surface area contributed by atoms with Crippen molar-refractivity contribution < 1.29 is 9.53 Å². The van der Waals surface area contributed by atoms with Crippen LogP contribution in [0.15, 0.2) is 54.9 Å². The third kappa shape index (κ3) is 4.16. The van der Waals surface area contributed by atoms with E-state index >= 15 is 0 Å². The van der Waals surface area contributed by atoms with Gasteiger partial charge in [0.25, 0.3) is 5.91 Å². The van der Waals surface area contributed by atoms with Crippen molar-refractivity contribution >= 4 is 28.3 Å². The smallest absolute Gasteiger partial charge is 0.263 e. The van der Waals surface area contributed by atoms with Gasteiger partial charge in [0.15, 0.2) is 6.61 Å². The molecule has 0 radical (unpaired) electrons. The molecule has 138 valence electrons. The maximum atomic E-state index is 12.3. The van der Waals surface area contributed by atoms with Crippen LogP contribution in [0.1, 0.15) is 19.3 Å². The third-order valence-electron chi connectivity index (χ3n) is 4.71. The Hall–Kier alpha value is -3.15. The maximum Gasteiger partial charge on any atom is 0.263 e. The lowest BCUT2D eigenvalue weighted by atomic mass is 10.1. The molecule has 2 heterocycles. The van der Waals surface area contributed by atoms with Gasteiger partial charge in [0.05, 0.1) is 0 Å². The number of hydrogen-bond donors (Lipinski definition) is 1. The number of aromatic nitrogens is 2. The Morgan fingerprint density at radius 2 is 1.85 bits per heavy atom. The van der Waals surface area contributed by atoms with E-state index in [0.29, 0.717) is 11.6 Å². The number of rotatable bonds is 5. The van der Waals surface area contributed by atoms with E-state index < -0.39 is 0 Å². The second kappa shape index (κ2) is 8.03. The van der Waals surface area contributed by atoms with Crippen LogP contribution in [0.5, 0.6) is 5.75 Å². The monoisotopic (exact) mass is 362 g/mol. The van der Waals surface area contributed by atoms with Gasteiger partial charge in [0, 0.05) is 24.5 Å². The molecule has 27 heavy (non-hydrogen) atoms. The summed E-state index contributed by atoms with van der Waals surface area (Å²) in [6.07, 6.45) is 5.09. The number of benzene rings is 2. The molecule has 6 heteroatoms. The SMILES string of the molecule is O=C(COc1cccc2ccccc12)Nc1cc(N2CCCCC2)ncn1. The van der Waals surface area contributed by atoms with Crippen molar-refractivity contribution in [2.75, 3.05) is 29.9 Å². The highest BCUT2D eigenvalue weighted by atomic mass is 16.5. The lowest BCUT2D eigenvalue weighted by Gasteiger charge is -2.27. The fraction of sp³-hybridized carbons (Fsp3) is 0.286. The number of fused-ring (bicyclic) bond motifs is 1. The van der Waals surface area contributed by atoms with Gasteiger partial charge in [-0.05, 0) is 30.7 Å². The normalized spacial score (nSPS) is 14.1. The number of ether oxygens (including phenoxy) is 1. The first kappa shape index (κ1) is 17.3. The lowest BCUT2D eigenvalue weighted by Crippen LogP contribution is -2.30. The average Bonchev–Trinajstić information content (AvgIpc) is 2.73. The van der Waals surface area contributed by atoms with E-state index in [1.54, 1.807) is 0 Å². The summed E-state index contributed by atoms with van der Waals surface area (Å²) >= 11 is 0. The largest absolute Gasteiger partial charge is 0.483 e.